The number of alkyl halides is 3. The predicted molar refractivity (Wildman–Crippen MR) is 480 cm³/mol. The van der Waals surface area contributed by atoms with E-state index in [0.717, 1.165) is 73.2 Å². The maximum Gasteiger partial charge on any atom is 0.435 e. The van der Waals surface area contributed by atoms with Gasteiger partial charge in [0.15, 0.2) is 5.69 Å². The average molecular weight is 1800 g/mol. The number of methoxy groups -OCH3 is 4. The number of benzene rings is 8. The first-order valence-corrected chi connectivity index (χ1v) is 40.4. The number of fused-ring (bicyclic) bond motifs is 12. The van der Waals surface area contributed by atoms with Crippen molar-refractivity contribution in [3.05, 3.63) is 298 Å². The van der Waals surface area contributed by atoms with E-state index in [2.05, 4.69) is 40.3 Å². The van der Waals surface area contributed by atoms with E-state index in [1.807, 2.05) is 84.6 Å². The quantitative estimate of drug-likeness (QED) is 0.105. The number of hydrogen-bond acceptors (Lipinski definition) is 20. The van der Waals surface area contributed by atoms with Crippen LogP contribution in [0.1, 0.15) is 39.1 Å². The number of H-pyrrole nitrogens is 1. The lowest BCUT2D eigenvalue weighted by Crippen LogP contribution is -2.21. The normalized spacial score (nSPS) is 11.4. The molecule has 0 aliphatic heterocycles. The largest absolute Gasteiger partial charge is 0.496 e. The number of ether oxygens (including phenoxy) is 4. The van der Waals surface area contributed by atoms with Crippen LogP contribution in [-0.4, -0.2) is 115 Å². The number of aryl methyl sites for hydroxylation is 6. The fourth-order valence-corrected chi connectivity index (χ4v) is 16.6. The Morgan fingerprint density at radius 3 is 1.09 bits per heavy atom. The molecule has 0 amide bonds. The second-order valence-electron chi connectivity index (χ2n) is 29.8. The minimum absolute atomic E-state index is 0.0565. The summed E-state index contributed by atoms with van der Waals surface area (Å²) in [4.78, 5) is 70.5. The summed E-state index contributed by atoms with van der Waals surface area (Å²) in [5, 5.41) is 57.4. The summed E-state index contributed by atoms with van der Waals surface area (Å²) in [6.07, 6.45) is 8.78. The Morgan fingerprint density at radius 2 is 0.773 bits per heavy atom. The molecule has 654 valence electrons. The summed E-state index contributed by atoms with van der Waals surface area (Å²) in [7, 11) is 15.6. The van der Waals surface area contributed by atoms with Crippen molar-refractivity contribution in [2.24, 2.45) is 42.3 Å². The average Bonchev–Trinajstić information content (AvgIpc) is 1.58. The van der Waals surface area contributed by atoms with Gasteiger partial charge in [0.25, 0.3) is 0 Å². The molecule has 0 atom stereocenters. The Balaban J connectivity index is 0.000000123. The van der Waals surface area contributed by atoms with Crippen LogP contribution in [0.3, 0.4) is 0 Å². The monoisotopic (exact) mass is 1790 g/mol. The number of nitriles is 4. The summed E-state index contributed by atoms with van der Waals surface area (Å²) >= 11 is 1.61. The highest BCUT2D eigenvalue weighted by Gasteiger charge is 2.36. The molecule has 0 bridgehead atoms. The van der Waals surface area contributed by atoms with Crippen LogP contribution in [0, 0.1) is 68.6 Å². The number of imidazole rings is 4. The van der Waals surface area contributed by atoms with E-state index in [1.54, 1.807) is 114 Å². The summed E-state index contributed by atoms with van der Waals surface area (Å²) in [6.45, 7) is 0. The van der Waals surface area contributed by atoms with Gasteiger partial charge in [0.05, 0.1) is 206 Å². The van der Waals surface area contributed by atoms with Crippen LogP contribution in [0.2, 0.25) is 0 Å². The van der Waals surface area contributed by atoms with E-state index in [0.29, 0.717) is 105 Å². The SMILES string of the molecule is COc1cc2ncc3c(c2cc1-c1cc(C(F)(F)F)nn1C)n(-c1ccc(C#N)cc1F)c(=O)n3C.COc1cc2ncc3c(c2cc1-c1ccn[nH]1)n(-c1ccc(C#N)cc1F)c(=O)n3C.COc1cc2ncc3c(c2cc1-c1ccnn1C)n(-c1ccc(C#N)cc1F)c(=O)n3C.COc1cc2ncc3c(c2cc1/C=C/c1ccsc1)n(-c1ccc(C#N)cc1F)c(=O)n3C. The minimum Gasteiger partial charge on any atom is -0.496 e. The van der Waals surface area contributed by atoms with E-state index in [1.165, 1.54) is 120 Å². The van der Waals surface area contributed by atoms with E-state index in [9.17, 15) is 49.9 Å². The van der Waals surface area contributed by atoms with Gasteiger partial charge in [-0.25, -0.2) is 36.7 Å². The van der Waals surface area contributed by atoms with Crippen LogP contribution in [-0.2, 0) is 48.5 Å². The van der Waals surface area contributed by atoms with Crippen molar-refractivity contribution < 1.29 is 49.7 Å². The third kappa shape index (κ3) is 14.9. The second-order valence-corrected chi connectivity index (χ2v) is 30.6. The fourth-order valence-electron chi connectivity index (χ4n) is 15.9. The van der Waals surface area contributed by atoms with Gasteiger partial charge in [-0.1, -0.05) is 12.2 Å². The molecule has 12 heterocycles. The maximum absolute atomic E-state index is 15.0. The van der Waals surface area contributed by atoms with E-state index in [4.69, 9.17) is 40.0 Å². The molecule has 20 aromatic rings. The van der Waals surface area contributed by atoms with Crippen LogP contribution < -0.4 is 41.7 Å². The van der Waals surface area contributed by atoms with E-state index < -0.39 is 57.9 Å². The number of pyridine rings is 4. The Hall–Kier alpha value is -17.8. The zero-order valence-corrected chi connectivity index (χ0v) is 71.7. The number of hydrogen-bond donors (Lipinski definition) is 1. The van der Waals surface area contributed by atoms with Crippen molar-refractivity contribution in [1.82, 2.24) is 86.2 Å². The number of aromatic nitrogens is 18. The van der Waals surface area contributed by atoms with E-state index in [-0.39, 0.29) is 62.0 Å². The molecule has 0 fully saturated rings. The smallest absolute Gasteiger partial charge is 0.435 e. The lowest BCUT2D eigenvalue weighted by atomic mass is 10.0. The standard InChI is InChI=1S/C25H17FN4O2S.C24H16F4N6O2.C23H17FN6O2.C22H15FN6O2/c1-29-22-13-28-20-11-23(32-2)17(5-3-15-7-8-33-14-15)10-18(20)24(22)30(25(29)31)21-6-4-16(12-27)9-19(21)26;1-32-19-11-30-16-8-20(36-3)14(18-9-21(24(26,27)28)31-33(18)2)7-13(16)22(19)34(23(32)35)17-5-4-12(10-29)6-15(17)25;1-28-20-12-26-17-10-21(32-3)15(18-6-7-27-29(18)2)9-14(17)22(20)30(23(28)31)19-5-4-13(11-25)8-16(19)24;1-28-19-11-25-17-9-20(31-2)13(16-5-6-26-27-16)8-14(17)21(19)29(22(28)30)18-4-3-12(10-24)7-15(18)23/h3-11,13-14H,1-2H3;4-9,11H,1-3H3;4-10,12H,1-3H3;3-9,11H,1-2H3,(H,26,27)/b5-3+;;;. The molecular formula is C94H65F7N22O8S. The highest BCUT2D eigenvalue weighted by molar-refractivity contribution is 7.08. The molecule has 0 radical (unpaired) electrons. The summed E-state index contributed by atoms with van der Waals surface area (Å²) < 4.78 is 135. The number of nitrogens with zero attached hydrogens (tertiary/aromatic N) is 21. The van der Waals surface area contributed by atoms with Gasteiger partial charge in [-0.05, 0) is 138 Å². The lowest BCUT2D eigenvalue weighted by Gasteiger charge is -2.12. The molecule has 8 aromatic carbocycles. The van der Waals surface area contributed by atoms with Crippen molar-refractivity contribution in [3.63, 3.8) is 0 Å². The molecule has 0 saturated heterocycles. The molecule has 132 heavy (non-hydrogen) atoms. The van der Waals surface area contributed by atoms with Crippen molar-refractivity contribution in [1.29, 1.82) is 21.0 Å². The minimum atomic E-state index is -4.65. The Bertz CT molecular complexity index is 8660. The van der Waals surface area contributed by atoms with Gasteiger partial charge >= 0.3 is 28.9 Å². The van der Waals surface area contributed by atoms with Gasteiger partial charge < -0.3 is 18.9 Å². The molecule has 38 heteroatoms. The first kappa shape index (κ1) is 86.3. The van der Waals surface area contributed by atoms with Crippen LogP contribution in [0.5, 0.6) is 23.0 Å². The van der Waals surface area contributed by atoms with Gasteiger partial charge in [0.1, 0.15) is 46.3 Å². The molecule has 1 N–H and O–H groups in total. The fraction of sp³-hybridized carbons (Fsp3) is 0.117. The Morgan fingerprint density at radius 1 is 0.409 bits per heavy atom. The third-order valence-corrected chi connectivity index (χ3v) is 23.2. The molecule has 0 aliphatic rings. The third-order valence-electron chi connectivity index (χ3n) is 22.5. The number of halogens is 7. The molecule has 30 nitrogen and oxygen atoms in total. The highest BCUT2D eigenvalue weighted by atomic mass is 32.1. The Labute approximate surface area is 742 Å². The molecule has 0 aliphatic carbocycles. The summed E-state index contributed by atoms with van der Waals surface area (Å²) in [5.41, 5.74) is 9.12. The van der Waals surface area contributed by atoms with Crippen molar-refractivity contribution >= 4 is 111 Å². The van der Waals surface area contributed by atoms with Gasteiger partial charge in [0.2, 0.25) is 0 Å². The van der Waals surface area contributed by atoms with Crippen molar-refractivity contribution in [3.8, 4) is 104 Å². The number of rotatable bonds is 13. The molecule has 20 rings (SSSR count). The maximum atomic E-state index is 15.0. The second kappa shape index (κ2) is 34.2. The Kier molecular flexibility index (Phi) is 22.4. The first-order chi connectivity index (χ1) is 63.5. The summed E-state index contributed by atoms with van der Waals surface area (Å²) in [6, 6.07) is 44.0. The van der Waals surface area contributed by atoms with Crippen LogP contribution >= 0.6 is 11.3 Å². The zero-order chi connectivity index (χ0) is 93.3. The first-order valence-electron chi connectivity index (χ1n) is 39.5. The lowest BCUT2D eigenvalue weighted by molar-refractivity contribution is -0.141. The van der Waals surface area contributed by atoms with Gasteiger partial charge in [-0.15, -0.1) is 0 Å². The zero-order valence-electron chi connectivity index (χ0n) is 70.8. The van der Waals surface area contributed by atoms with E-state index >= 15 is 0 Å². The summed E-state index contributed by atoms with van der Waals surface area (Å²) in [5.74, 6) is -0.718. The molecule has 0 saturated carbocycles. The predicted octanol–water partition coefficient (Wildman–Crippen LogP) is 16.0. The van der Waals surface area contributed by atoms with Gasteiger partial charge in [0, 0.05) is 123 Å². The van der Waals surface area contributed by atoms with Gasteiger partial charge in [-0.3, -0.25) is 70.9 Å². The number of aromatic amines is 1. The number of nitrogens with one attached hydrogen (secondary N) is 1. The topological polar surface area (TPSA) is 356 Å². The van der Waals surface area contributed by atoms with Crippen molar-refractivity contribution in [2.45, 2.75) is 6.18 Å². The molecule has 0 spiro atoms. The molecular weight excluding hydrogens is 1730 g/mol. The van der Waals surface area contributed by atoms with Gasteiger partial charge in [-0.2, -0.15) is 60.9 Å². The van der Waals surface area contributed by atoms with Crippen LogP contribution in [0.4, 0.5) is 30.7 Å². The van der Waals surface area contributed by atoms with Crippen LogP contribution in [0.15, 0.2) is 213 Å². The highest BCUT2D eigenvalue weighted by Crippen LogP contribution is 2.43. The molecule has 0 unspecified atom stereocenters. The number of thiophene rings is 1. The van der Waals surface area contributed by atoms with Crippen molar-refractivity contribution in [2.75, 3.05) is 28.4 Å². The molecule has 12 aromatic heterocycles. The van der Waals surface area contributed by atoms with Crippen LogP contribution in [0.25, 0.3) is 156 Å².